The monoisotopic (exact) mass is 424 g/mol. The minimum absolute atomic E-state index is 0.128. The Balaban J connectivity index is 2.50. The van der Waals surface area contributed by atoms with Crippen LogP contribution in [0, 0.1) is 0 Å². The van der Waals surface area contributed by atoms with E-state index in [1.807, 2.05) is 6.92 Å². The molecule has 0 spiro atoms. The largest absolute Gasteiger partial charge is 0.496 e. The summed E-state index contributed by atoms with van der Waals surface area (Å²) >= 11 is 7.25. The zero-order valence-corrected chi connectivity index (χ0v) is 18.0. The van der Waals surface area contributed by atoms with E-state index in [-0.39, 0.29) is 11.5 Å². The summed E-state index contributed by atoms with van der Waals surface area (Å²) in [6.07, 6.45) is 3.09. The number of hydrogen-bond acceptors (Lipinski definition) is 6. The van der Waals surface area contributed by atoms with E-state index in [4.69, 9.17) is 22.1 Å². The van der Waals surface area contributed by atoms with E-state index >= 15 is 0 Å². The van der Waals surface area contributed by atoms with Crippen LogP contribution in [0.5, 0.6) is 5.75 Å². The van der Waals surface area contributed by atoms with Crippen LogP contribution < -0.4 is 10.5 Å². The summed E-state index contributed by atoms with van der Waals surface area (Å²) in [4.78, 5) is 27.1. The smallest absolute Gasteiger partial charge is 0.353 e. The zero-order valence-electron chi connectivity index (χ0n) is 16.4. The van der Waals surface area contributed by atoms with E-state index in [1.54, 1.807) is 30.9 Å². The fourth-order valence-electron chi connectivity index (χ4n) is 2.80. The highest BCUT2D eigenvalue weighted by atomic mass is 35.5. The Kier molecular flexibility index (Phi) is 7.20. The molecule has 8 heteroatoms. The van der Waals surface area contributed by atoms with Crippen LogP contribution in [-0.4, -0.2) is 41.0 Å². The third kappa shape index (κ3) is 4.90. The number of nitrogens with two attached hydrogens (primary N) is 1. The van der Waals surface area contributed by atoms with Gasteiger partial charge in [-0.15, -0.1) is 0 Å². The number of aliphatic carboxylic acids is 1. The maximum atomic E-state index is 12.9. The average Bonchev–Trinajstić information content (AvgIpc) is 2.98. The Morgan fingerprint density at radius 2 is 2.07 bits per heavy atom. The number of unbranched alkanes of at least 4 members (excludes halogenated alkanes) is 1. The Morgan fingerprint density at radius 1 is 1.39 bits per heavy atom. The highest BCUT2D eigenvalue weighted by molar-refractivity contribution is 8.07. The number of methoxy groups -OCH3 is 1. The normalized spacial score (nSPS) is 16.1. The molecule has 0 radical (unpaired) electrons. The van der Waals surface area contributed by atoms with Gasteiger partial charge >= 0.3 is 5.97 Å². The maximum Gasteiger partial charge on any atom is 0.353 e. The van der Waals surface area contributed by atoms with Crippen LogP contribution in [0.25, 0.3) is 0 Å². The number of hydrogen-bond donors (Lipinski definition) is 2. The summed E-state index contributed by atoms with van der Waals surface area (Å²) in [6.45, 7) is 6.01. The summed E-state index contributed by atoms with van der Waals surface area (Å²) in [6, 6.07) is 4.80. The van der Waals surface area contributed by atoms with Crippen molar-refractivity contribution in [3.05, 3.63) is 50.5 Å². The first-order valence-electron chi connectivity index (χ1n) is 8.92. The number of ketones is 1. The highest BCUT2D eigenvalue weighted by Gasteiger charge is 2.38. The van der Waals surface area contributed by atoms with Gasteiger partial charge in [0.1, 0.15) is 11.4 Å². The number of ether oxygens (including phenoxy) is 1. The standard InChI is InChI=1S/C20H25ClN2O4S/c1-5-6-9-23-16(28-18(20(2,3)22)17(23)19(25)26)11-14(24)13-10-12(21)7-8-15(13)27-4/h7-8,10-11H,5-6,9,22H2,1-4H3,(H,25,26)/b16-11-. The molecule has 0 unspecified atom stereocenters. The zero-order chi connectivity index (χ0) is 21.1. The van der Waals surface area contributed by atoms with Crippen molar-refractivity contribution in [2.24, 2.45) is 5.73 Å². The molecule has 152 valence electrons. The summed E-state index contributed by atoms with van der Waals surface area (Å²) in [5.41, 5.74) is 5.80. The lowest BCUT2D eigenvalue weighted by Gasteiger charge is -2.22. The second kappa shape index (κ2) is 9.03. The van der Waals surface area contributed by atoms with Crippen molar-refractivity contribution in [2.45, 2.75) is 39.2 Å². The lowest BCUT2D eigenvalue weighted by Crippen LogP contribution is -2.35. The number of nitrogens with zero attached hydrogens (tertiary/aromatic N) is 1. The lowest BCUT2D eigenvalue weighted by molar-refractivity contribution is -0.134. The van der Waals surface area contributed by atoms with Crippen LogP contribution in [0.3, 0.4) is 0 Å². The van der Waals surface area contributed by atoms with Gasteiger partial charge in [0.2, 0.25) is 0 Å². The van der Waals surface area contributed by atoms with Crippen LogP contribution in [-0.2, 0) is 4.79 Å². The minimum Gasteiger partial charge on any atom is -0.496 e. The van der Waals surface area contributed by atoms with Gasteiger partial charge in [0, 0.05) is 28.1 Å². The minimum atomic E-state index is -1.06. The number of thioether (sulfide) groups is 1. The Labute approximate surface area is 174 Å². The number of rotatable bonds is 8. The van der Waals surface area contributed by atoms with E-state index in [9.17, 15) is 14.7 Å². The summed E-state index contributed by atoms with van der Waals surface area (Å²) in [5.74, 6) is -0.974. The Hall–Kier alpha value is -1.96. The topological polar surface area (TPSA) is 92.9 Å². The van der Waals surface area contributed by atoms with Gasteiger partial charge in [0.15, 0.2) is 5.78 Å². The first-order valence-corrected chi connectivity index (χ1v) is 10.1. The first-order chi connectivity index (χ1) is 13.1. The van der Waals surface area contributed by atoms with Gasteiger partial charge in [-0.1, -0.05) is 36.7 Å². The molecule has 28 heavy (non-hydrogen) atoms. The van der Waals surface area contributed by atoms with Crippen LogP contribution in [0.15, 0.2) is 39.9 Å². The fourth-order valence-corrected chi connectivity index (χ4v) is 4.20. The summed E-state index contributed by atoms with van der Waals surface area (Å²) in [5, 5.41) is 10.7. The molecule has 1 aliphatic rings. The molecule has 1 heterocycles. The van der Waals surface area contributed by atoms with Crippen molar-refractivity contribution in [1.82, 2.24) is 4.90 Å². The fraction of sp³-hybridized carbons (Fsp3) is 0.400. The number of carboxylic acid groups (broad SMARTS) is 1. The van der Waals surface area contributed by atoms with Crippen LogP contribution >= 0.6 is 23.4 Å². The molecule has 1 aliphatic heterocycles. The number of carbonyl (C=O) groups excluding carboxylic acids is 1. The molecule has 0 atom stereocenters. The molecule has 0 aliphatic carbocycles. The van der Waals surface area contributed by atoms with Crippen molar-refractivity contribution in [1.29, 1.82) is 0 Å². The quantitative estimate of drug-likeness (QED) is 0.475. The average molecular weight is 425 g/mol. The van der Waals surface area contributed by atoms with E-state index < -0.39 is 11.5 Å². The lowest BCUT2D eigenvalue weighted by atomic mass is 10.0. The highest BCUT2D eigenvalue weighted by Crippen LogP contribution is 2.46. The number of carboxylic acids is 1. The molecular weight excluding hydrogens is 400 g/mol. The molecule has 1 aromatic rings. The van der Waals surface area contributed by atoms with Gasteiger partial charge in [-0.3, -0.25) is 4.79 Å². The number of allylic oxidation sites excluding steroid dienone is 1. The Bertz CT molecular complexity index is 843. The summed E-state index contributed by atoms with van der Waals surface area (Å²) < 4.78 is 5.26. The maximum absolute atomic E-state index is 12.9. The molecule has 0 fully saturated rings. The SMILES string of the molecule is CCCCN1C(C(=O)O)=C(C(C)(C)N)S/C1=C\C(=O)c1cc(Cl)ccc1OC. The molecule has 0 saturated heterocycles. The number of halogens is 1. The van der Waals surface area contributed by atoms with Crippen molar-refractivity contribution in [3.8, 4) is 5.75 Å². The van der Waals surface area contributed by atoms with E-state index in [0.29, 0.717) is 32.8 Å². The molecule has 0 bridgehead atoms. The molecular formula is C20H25ClN2O4S. The van der Waals surface area contributed by atoms with Crippen molar-refractivity contribution >= 4 is 35.1 Å². The Morgan fingerprint density at radius 3 is 2.61 bits per heavy atom. The molecule has 6 nitrogen and oxygen atoms in total. The van der Waals surface area contributed by atoms with Gasteiger partial charge in [-0.25, -0.2) is 4.79 Å². The van der Waals surface area contributed by atoms with Crippen molar-refractivity contribution < 1.29 is 19.4 Å². The van der Waals surface area contributed by atoms with Crippen LogP contribution in [0.4, 0.5) is 0 Å². The molecule has 0 saturated carbocycles. The van der Waals surface area contributed by atoms with Gasteiger partial charge in [0.05, 0.1) is 17.7 Å². The second-order valence-electron chi connectivity index (χ2n) is 7.00. The van der Waals surface area contributed by atoms with Gasteiger partial charge in [-0.2, -0.15) is 0 Å². The van der Waals surface area contributed by atoms with Gasteiger partial charge in [0.25, 0.3) is 0 Å². The molecule has 0 aromatic heterocycles. The predicted octanol–water partition coefficient (Wildman–Crippen LogP) is 4.26. The molecule has 3 N–H and O–H groups in total. The molecule has 0 amide bonds. The van der Waals surface area contributed by atoms with E-state index in [2.05, 4.69) is 0 Å². The first kappa shape index (κ1) is 22.3. The van der Waals surface area contributed by atoms with Gasteiger partial charge in [-0.05, 0) is 38.5 Å². The third-order valence-electron chi connectivity index (χ3n) is 4.16. The third-order valence-corrected chi connectivity index (χ3v) is 5.87. The second-order valence-corrected chi connectivity index (χ2v) is 8.47. The van der Waals surface area contributed by atoms with Crippen LogP contribution in [0.2, 0.25) is 5.02 Å². The number of benzene rings is 1. The van der Waals surface area contributed by atoms with Crippen molar-refractivity contribution in [2.75, 3.05) is 13.7 Å². The van der Waals surface area contributed by atoms with Crippen molar-refractivity contribution in [3.63, 3.8) is 0 Å². The molecule has 2 rings (SSSR count). The molecule has 1 aromatic carbocycles. The van der Waals surface area contributed by atoms with Gasteiger partial charge < -0.3 is 20.5 Å². The van der Waals surface area contributed by atoms with E-state index in [0.717, 1.165) is 12.8 Å². The number of carbonyl (C=O) groups is 2. The van der Waals surface area contributed by atoms with E-state index in [1.165, 1.54) is 31.0 Å². The van der Waals surface area contributed by atoms with Crippen LogP contribution in [0.1, 0.15) is 44.0 Å². The predicted molar refractivity (Wildman–Crippen MR) is 113 cm³/mol. The summed E-state index contributed by atoms with van der Waals surface area (Å²) in [7, 11) is 1.48.